The van der Waals surface area contributed by atoms with E-state index >= 15 is 0 Å². The van der Waals surface area contributed by atoms with Gasteiger partial charge in [0.15, 0.2) is 0 Å². The molecule has 1 saturated heterocycles. The van der Waals surface area contributed by atoms with Crippen LogP contribution < -0.4 is 5.56 Å². The highest BCUT2D eigenvalue weighted by Gasteiger charge is 2.26. The zero-order chi connectivity index (χ0) is 16.4. The maximum absolute atomic E-state index is 11.9. The molecule has 2 aliphatic carbocycles. The highest BCUT2D eigenvalue weighted by atomic mass is 16.1. The van der Waals surface area contributed by atoms with Gasteiger partial charge in [-0.25, -0.2) is 5.10 Å². The van der Waals surface area contributed by atoms with Crippen LogP contribution in [0.15, 0.2) is 4.79 Å². The first-order valence-electron chi connectivity index (χ1n) is 9.87. The number of hydrogen-bond acceptors (Lipinski definition) is 4. The minimum Gasteiger partial charge on any atom is -0.300 e. The smallest absolute Gasteiger partial charge is 0.267 e. The molecule has 1 saturated carbocycles. The van der Waals surface area contributed by atoms with Crippen molar-refractivity contribution in [2.24, 2.45) is 0 Å². The van der Waals surface area contributed by atoms with E-state index in [2.05, 4.69) is 20.0 Å². The van der Waals surface area contributed by atoms with Gasteiger partial charge in [0.1, 0.15) is 0 Å². The molecule has 1 aromatic rings. The lowest BCUT2D eigenvalue weighted by atomic mass is 9.91. The molecule has 0 amide bonds. The second-order valence-corrected chi connectivity index (χ2v) is 7.73. The van der Waals surface area contributed by atoms with E-state index in [0.717, 1.165) is 49.5 Å². The molecule has 3 aliphatic rings. The lowest BCUT2D eigenvalue weighted by Crippen LogP contribution is -2.50. The SMILES string of the molecule is O=c1[nH]nc(CCN2CCN(C3CCCC3)CC2)c2c1CCCC2. The quantitative estimate of drug-likeness (QED) is 0.914. The fourth-order valence-corrected chi connectivity index (χ4v) is 4.82. The Morgan fingerprint density at radius 3 is 2.42 bits per heavy atom. The van der Waals surface area contributed by atoms with Crippen LogP contribution in [0.25, 0.3) is 0 Å². The Labute approximate surface area is 144 Å². The summed E-state index contributed by atoms with van der Waals surface area (Å²) in [4.78, 5) is 17.2. The van der Waals surface area contributed by atoms with Crippen LogP contribution in [-0.2, 0) is 19.3 Å². The summed E-state index contributed by atoms with van der Waals surface area (Å²) in [6, 6.07) is 0.861. The summed E-state index contributed by atoms with van der Waals surface area (Å²) in [6.45, 7) is 5.89. The number of aromatic amines is 1. The van der Waals surface area contributed by atoms with Crippen molar-refractivity contribution in [1.82, 2.24) is 20.0 Å². The monoisotopic (exact) mass is 330 g/mol. The van der Waals surface area contributed by atoms with Crippen LogP contribution in [0.4, 0.5) is 0 Å². The zero-order valence-corrected chi connectivity index (χ0v) is 14.7. The average molecular weight is 330 g/mol. The van der Waals surface area contributed by atoms with Crippen molar-refractivity contribution in [2.45, 2.75) is 63.8 Å². The number of fused-ring (bicyclic) bond motifs is 1. The van der Waals surface area contributed by atoms with Crippen molar-refractivity contribution in [3.05, 3.63) is 27.2 Å². The summed E-state index contributed by atoms with van der Waals surface area (Å²) < 4.78 is 0. The van der Waals surface area contributed by atoms with Crippen LogP contribution >= 0.6 is 0 Å². The molecule has 2 heterocycles. The highest BCUT2D eigenvalue weighted by Crippen LogP contribution is 2.24. The lowest BCUT2D eigenvalue weighted by molar-refractivity contribution is 0.0984. The number of hydrogen-bond donors (Lipinski definition) is 1. The van der Waals surface area contributed by atoms with E-state index in [-0.39, 0.29) is 5.56 Å². The minimum atomic E-state index is 0.0404. The fourth-order valence-electron chi connectivity index (χ4n) is 4.82. The summed E-state index contributed by atoms with van der Waals surface area (Å²) in [5, 5.41) is 7.11. The molecule has 0 bridgehead atoms. The van der Waals surface area contributed by atoms with Gasteiger partial charge < -0.3 is 4.90 Å². The molecule has 1 N–H and O–H groups in total. The van der Waals surface area contributed by atoms with Gasteiger partial charge in [-0.1, -0.05) is 12.8 Å². The molecule has 5 heteroatoms. The topological polar surface area (TPSA) is 52.2 Å². The van der Waals surface area contributed by atoms with Gasteiger partial charge in [-0.2, -0.15) is 5.10 Å². The molecule has 132 valence electrons. The summed E-state index contributed by atoms with van der Waals surface area (Å²) in [5.74, 6) is 0. The van der Waals surface area contributed by atoms with Gasteiger partial charge >= 0.3 is 0 Å². The molecule has 0 atom stereocenters. The number of rotatable bonds is 4. The normalized spacial score (nSPS) is 23.5. The van der Waals surface area contributed by atoms with Crippen molar-refractivity contribution in [1.29, 1.82) is 0 Å². The first-order valence-corrected chi connectivity index (χ1v) is 9.87. The second-order valence-electron chi connectivity index (χ2n) is 7.73. The van der Waals surface area contributed by atoms with Crippen molar-refractivity contribution < 1.29 is 0 Å². The minimum absolute atomic E-state index is 0.0404. The Balaban J connectivity index is 1.32. The molecule has 5 nitrogen and oxygen atoms in total. The number of nitrogens with zero attached hydrogens (tertiary/aromatic N) is 3. The molecule has 24 heavy (non-hydrogen) atoms. The third-order valence-electron chi connectivity index (χ3n) is 6.30. The van der Waals surface area contributed by atoms with Crippen molar-refractivity contribution >= 4 is 0 Å². The number of aromatic nitrogens is 2. The number of piperazine rings is 1. The summed E-state index contributed by atoms with van der Waals surface area (Å²) in [5.41, 5.74) is 3.45. The summed E-state index contributed by atoms with van der Waals surface area (Å²) in [6.07, 6.45) is 11.0. The van der Waals surface area contributed by atoms with Gasteiger partial charge in [-0.15, -0.1) is 0 Å². The molecule has 2 fully saturated rings. The van der Waals surface area contributed by atoms with Crippen molar-refractivity contribution in [2.75, 3.05) is 32.7 Å². The van der Waals surface area contributed by atoms with E-state index in [1.54, 1.807) is 0 Å². The molecule has 1 aromatic heterocycles. The van der Waals surface area contributed by atoms with E-state index in [4.69, 9.17) is 0 Å². The zero-order valence-electron chi connectivity index (χ0n) is 14.7. The maximum Gasteiger partial charge on any atom is 0.267 e. The molecule has 0 aromatic carbocycles. The van der Waals surface area contributed by atoms with Crippen LogP contribution in [0, 0.1) is 0 Å². The maximum atomic E-state index is 11.9. The molecule has 0 unspecified atom stereocenters. The lowest BCUT2D eigenvalue weighted by Gasteiger charge is -2.38. The van der Waals surface area contributed by atoms with Crippen LogP contribution in [0.1, 0.15) is 55.3 Å². The molecular formula is C19H30N4O. The van der Waals surface area contributed by atoms with Gasteiger partial charge in [-0.05, 0) is 44.1 Å². The first-order chi connectivity index (χ1) is 11.8. The number of H-pyrrole nitrogens is 1. The third-order valence-corrected chi connectivity index (χ3v) is 6.30. The van der Waals surface area contributed by atoms with E-state index < -0.39 is 0 Å². The summed E-state index contributed by atoms with van der Waals surface area (Å²) >= 11 is 0. The Morgan fingerprint density at radius 2 is 1.67 bits per heavy atom. The van der Waals surface area contributed by atoms with E-state index in [9.17, 15) is 4.79 Å². The average Bonchev–Trinajstić information content (AvgIpc) is 3.17. The van der Waals surface area contributed by atoms with Crippen LogP contribution in [0.3, 0.4) is 0 Å². The van der Waals surface area contributed by atoms with Crippen LogP contribution in [0.2, 0.25) is 0 Å². The Morgan fingerprint density at radius 1 is 0.958 bits per heavy atom. The molecule has 4 rings (SSSR count). The Bertz CT molecular complexity index is 612. The van der Waals surface area contributed by atoms with Gasteiger partial charge in [0, 0.05) is 50.7 Å². The van der Waals surface area contributed by atoms with Gasteiger partial charge in [0.05, 0.1) is 5.69 Å². The third kappa shape index (κ3) is 3.42. The van der Waals surface area contributed by atoms with E-state index in [1.165, 1.54) is 63.8 Å². The molecule has 0 spiro atoms. The summed E-state index contributed by atoms with van der Waals surface area (Å²) in [7, 11) is 0. The van der Waals surface area contributed by atoms with E-state index in [0.29, 0.717) is 0 Å². The van der Waals surface area contributed by atoms with Gasteiger partial charge in [0.25, 0.3) is 5.56 Å². The predicted octanol–water partition coefficient (Wildman–Crippen LogP) is 1.75. The van der Waals surface area contributed by atoms with Crippen LogP contribution in [-0.4, -0.2) is 58.8 Å². The van der Waals surface area contributed by atoms with Crippen molar-refractivity contribution in [3.63, 3.8) is 0 Å². The molecular weight excluding hydrogens is 300 g/mol. The molecule has 0 radical (unpaired) electrons. The Hall–Kier alpha value is -1.20. The first kappa shape index (κ1) is 16.3. The number of nitrogens with one attached hydrogen (secondary N) is 1. The standard InChI is InChI=1S/C19H30N4O/c24-19-17-8-4-3-7-16(17)18(20-21-19)9-10-22-11-13-23(14-12-22)15-5-1-2-6-15/h15H,1-14H2,(H,21,24). The van der Waals surface area contributed by atoms with Crippen molar-refractivity contribution in [3.8, 4) is 0 Å². The molecule has 1 aliphatic heterocycles. The largest absolute Gasteiger partial charge is 0.300 e. The van der Waals surface area contributed by atoms with Crippen LogP contribution in [0.5, 0.6) is 0 Å². The highest BCUT2D eigenvalue weighted by molar-refractivity contribution is 5.30. The van der Waals surface area contributed by atoms with Gasteiger partial charge in [0.2, 0.25) is 0 Å². The van der Waals surface area contributed by atoms with E-state index in [1.807, 2.05) is 0 Å². The fraction of sp³-hybridized carbons (Fsp3) is 0.789. The predicted molar refractivity (Wildman–Crippen MR) is 95.5 cm³/mol. The van der Waals surface area contributed by atoms with Gasteiger partial charge in [-0.3, -0.25) is 9.69 Å². The Kier molecular flexibility index (Phi) is 4.99. The second kappa shape index (κ2) is 7.36.